The fourth-order valence-electron chi connectivity index (χ4n) is 2.17. The Morgan fingerprint density at radius 2 is 1.83 bits per heavy atom. The largest absolute Gasteiger partial charge is 0.438 e. The molecule has 1 aromatic heterocycles. The van der Waals surface area contributed by atoms with Gasteiger partial charge in [-0.1, -0.05) is 11.6 Å². The molecule has 6 nitrogen and oxygen atoms in total. The average Bonchev–Trinajstić information content (AvgIpc) is 2.85. The predicted molar refractivity (Wildman–Crippen MR) is 68.1 cm³/mol. The zero-order valence-electron chi connectivity index (χ0n) is 12.0. The van der Waals surface area contributed by atoms with Crippen molar-refractivity contribution in [3.8, 4) is 0 Å². The first-order valence-electron chi connectivity index (χ1n) is 6.17. The molecule has 1 amide bonds. The van der Waals surface area contributed by atoms with Crippen LogP contribution in [0.15, 0.2) is 5.10 Å². The zero-order valence-corrected chi connectivity index (χ0v) is 12.8. The first kappa shape index (κ1) is 18.5. The van der Waals surface area contributed by atoms with E-state index in [1.54, 1.807) is 0 Å². The molecule has 0 spiro atoms. The first-order valence-corrected chi connectivity index (χ1v) is 6.55. The predicted octanol–water partition coefficient (Wildman–Crippen LogP) is 2.56. The lowest BCUT2D eigenvalue weighted by Gasteiger charge is -2.32. The number of amides is 1. The van der Waals surface area contributed by atoms with Crippen molar-refractivity contribution in [2.24, 2.45) is 12.1 Å². The van der Waals surface area contributed by atoms with Gasteiger partial charge in [-0.15, -0.1) is 0 Å². The third-order valence-electron chi connectivity index (χ3n) is 3.23. The summed E-state index contributed by atoms with van der Waals surface area (Å²) in [5, 5.41) is 14.6. The number of carbonyl (C=O) groups excluding carboxylic acids is 1. The maximum absolute atomic E-state index is 13.1. The standard InChI is InChI=1S/C11H9ClF6N4O2/c1-4-3-9(24,11(16,17)18)22(19-4)8(23)6-5(12)7(10(13,14)15)20-21(6)2/h24H,3H2,1-2H3/t9-/m0/s1. The molecular formula is C11H9ClF6N4O2. The molecule has 0 unspecified atom stereocenters. The summed E-state index contributed by atoms with van der Waals surface area (Å²) in [7, 11) is 0.896. The van der Waals surface area contributed by atoms with Crippen molar-refractivity contribution < 1.29 is 36.2 Å². The summed E-state index contributed by atoms with van der Waals surface area (Å²) in [5.74, 6) is -1.66. The summed E-state index contributed by atoms with van der Waals surface area (Å²) in [4.78, 5) is 12.3. The highest BCUT2D eigenvalue weighted by Crippen LogP contribution is 2.42. The molecule has 1 aliphatic rings. The minimum atomic E-state index is -5.29. The molecule has 0 saturated heterocycles. The van der Waals surface area contributed by atoms with E-state index < -0.39 is 46.8 Å². The minimum absolute atomic E-state index is 0.238. The molecule has 134 valence electrons. The van der Waals surface area contributed by atoms with Gasteiger partial charge in [0.25, 0.3) is 11.6 Å². The van der Waals surface area contributed by atoms with Crippen molar-refractivity contribution in [3.05, 3.63) is 16.4 Å². The van der Waals surface area contributed by atoms with Crippen LogP contribution in [0.2, 0.25) is 5.02 Å². The van der Waals surface area contributed by atoms with Gasteiger partial charge in [0.1, 0.15) is 10.7 Å². The van der Waals surface area contributed by atoms with Gasteiger partial charge in [-0.25, -0.2) is 0 Å². The second-order valence-electron chi connectivity index (χ2n) is 5.08. The number of halogens is 7. The number of aryl methyl sites for hydroxylation is 1. The summed E-state index contributed by atoms with van der Waals surface area (Å²) in [5.41, 5.74) is -6.53. The van der Waals surface area contributed by atoms with Crippen molar-refractivity contribution in [3.63, 3.8) is 0 Å². The van der Waals surface area contributed by atoms with Crippen molar-refractivity contribution in [1.29, 1.82) is 0 Å². The van der Waals surface area contributed by atoms with E-state index in [-0.39, 0.29) is 10.7 Å². The molecule has 1 atom stereocenters. The molecule has 0 aliphatic carbocycles. The van der Waals surface area contributed by atoms with Gasteiger partial charge in [-0.05, 0) is 6.92 Å². The number of rotatable bonds is 1. The Labute approximate surface area is 135 Å². The minimum Gasteiger partial charge on any atom is -0.362 e. The first-order chi connectivity index (χ1) is 10.7. The van der Waals surface area contributed by atoms with Gasteiger partial charge in [-0.3, -0.25) is 9.48 Å². The highest BCUT2D eigenvalue weighted by atomic mass is 35.5. The Bertz CT molecular complexity index is 725. The second kappa shape index (κ2) is 5.34. The van der Waals surface area contributed by atoms with Crippen LogP contribution in [0.1, 0.15) is 29.5 Å². The molecule has 0 bridgehead atoms. The van der Waals surface area contributed by atoms with Crippen LogP contribution in [0, 0.1) is 0 Å². The number of hydrogen-bond donors (Lipinski definition) is 1. The Morgan fingerprint density at radius 1 is 1.29 bits per heavy atom. The number of hydrogen-bond acceptors (Lipinski definition) is 4. The summed E-state index contributed by atoms with van der Waals surface area (Å²) in [6.07, 6.45) is -11.3. The molecule has 1 N–H and O–H groups in total. The van der Waals surface area contributed by atoms with Gasteiger partial charge >= 0.3 is 12.4 Å². The maximum Gasteiger partial charge on any atom is 0.438 e. The van der Waals surface area contributed by atoms with Gasteiger partial charge < -0.3 is 5.11 Å². The van der Waals surface area contributed by atoms with Crippen LogP contribution >= 0.6 is 11.6 Å². The van der Waals surface area contributed by atoms with Crippen LogP contribution in [0.25, 0.3) is 0 Å². The van der Waals surface area contributed by atoms with Crippen LogP contribution < -0.4 is 0 Å². The van der Waals surface area contributed by atoms with Crippen molar-refractivity contribution >= 4 is 23.2 Å². The van der Waals surface area contributed by atoms with Crippen molar-refractivity contribution in [2.45, 2.75) is 31.4 Å². The molecule has 0 saturated carbocycles. The molecule has 1 aromatic rings. The molecule has 0 aromatic carbocycles. The molecule has 0 radical (unpaired) electrons. The third kappa shape index (κ3) is 2.73. The lowest BCUT2D eigenvalue weighted by atomic mass is 10.1. The van der Waals surface area contributed by atoms with E-state index in [2.05, 4.69) is 10.2 Å². The highest BCUT2D eigenvalue weighted by Gasteiger charge is 2.63. The summed E-state index contributed by atoms with van der Waals surface area (Å²) < 4.78 is 77.9. The van der Waals surface area contributed by atoms with E-state index in [1.807, 2.05) is 0 Å². The normalized spacial score (nSPS) is 22.1. The fraction of sp³-hybridized carbons (Fsp3) is 0.545. The van der Waals surface area contributed by atoms with Gasteiger partial charge in [-0.2, -0.15) is 41.6 Å². The van der Waals surface area contributed by atoms with Gasteiger partial charge in [0.2, 0.25) is 0 Å². The molecule has 13 heteroatoms. The SMILES string of the molecule is CC1=NN(C(=O)c2c(Cl)c(C(F)(F)F)nn2C)[C@@](O)(C(F)(F)F)C1. The van der Waals surface area contributed by atoms with E-state index in [1.165, 1.54) is 0 Å². The molecule has 24 heavy (non-hydrogen) atoms. The number of alkyl halides is 6. The van der Waals surface area contributed by atoms with Crippen molar-refractivity contribution in [2.75, 3.05) is 0 Å². The van der Waals surface area contributed by atoms with E-state index in [4.69, 9.17) is 11.6 Å². The average molecular weight is 379 g/mol. The molecule has 2 rings (SSSR count). The lowest BCUT2D eigenvalue weighted by molar-refractivity contribution is -0.297. The van der Waals surface area contributed by atoms with Crippen LogP contribution in [-0.2, 0) is 13.2 Å². The highest BCUT2D eigenvalue weighted by molar-refractivity contribution is 6.34. The molecule has 1 aliphatic heterocycles. The molecule has 2 heterocycles. The maximum atomic E-state index is 13.1. The Balaban J connectivity index is 2.55. The molecule has 0 fully saturated rings. The summed E-state index contributed by atoms with van der Waals surface area (Å²) >= 11 is 5.47. The number of nitrogens with zero attached hydrogens (tertiary/aromatic N) is 4. The van der Waals surface area contributed by atoms with Crippen LogP contribution in [0.5, 0.6) is 0 Å². The van der Waals surface area contributed by atoms with E-state index in [0.29, 0.717) is 4.68 Å². The second-order valence-corrected chi connectivity index (χ2v) is 5.45. The van der Waals surface area contributed by atoms with Gasteiger partial charge in [0.05, 0.1) is 0 Å². The Kier molecular flexibility index (Phi) is 4.12. The molecular weight excluding hydrogens is 370 g/mol. The fourth-order valence-corrected chi connectivity index (χ4v) is 2.51. The monoisotopic (exact) mass is 378 g/mol. The Morgan fingerprint density at radius 3 is 2.25 bits per heavy atom. The van der Waals surface area contributed by atoms with E-state index in [9.17, 15) is 36.2 Å². The third-order valence-corrected chi connectivity index (χ3v) is 3.59. The van der Waals surface area contributed by atoms with Crippen LogP contribution in [0.4, 0.5) is 26.3 Å². The smallest absolute Gasteiger partial charge is 0.362 e. The number of carbonyl (C=O) groups is 1. The zero-order chi connectivity index (χ0) is 18.7. The van der Waals surface area contributed by atoms with E-state index >= 15 is 0 Å². The van der Waals surface area contributed by atoms with Gasteiger partial charge in [0.15, 0.2) is 5.69 Å². The number of hydrazone groups is 1. The van der Waals surface area contributed by atoms with Gasteiger partial charge in [0, 0.05) is 19.2 Å². The van der Waals surface area contributed by atoms with Crippen LogP contribution in [-0.4, -0.2) is 43.4 Å². The number of aromatic nitrogens is 2. The summed E-state index contributed by atoms with van der Waals surface area (Å²) in [6, 6.07) is 0. The lowest BCUT2D eigenvalue weighted by Crippen LogP contribution is -2.56. The van der Waals surface area contributed by atoms with Crippen LogP contribution in [0.3, 0.4) is 0 Å². The number of aliphatic hydroxyl groups is 1. The Hall–Kier alpha value is -1.82. The van der Waals surface area contributed by atoms with Crippen molar-refractivity contribution in [1.82, 2.24) is 14.8 Å². The van der Waals surface area contributed by atoms with E-state index in [0.717, 1.165) is 14.0 Å². The topological polar surface area (TPSA) is 70.7 Å². The summed E-state index contributed by atoms with van der Waals surface area (Å²) in [6.45, 7) is 1.12. The quantitative estimate of drug-likeness (QED) is 0.764.